The van der Waals surface area contributed by atoms with Crippen molar-refractivity contribution in [3.63, 3.8) is 0 Å². The number of hydrogen-bond donors (Lipinski definition) is 0. The Balaban J connectivity index is 4.12. The Hall–Kier alpha value is -0.590. The highest BCUT2D eigenvalue weighted by Gasteiger charge is 2.20. The van der Waals surface area contributed by atoms with Crippen LogP contribution in [0.4, 0.5) is 0 Å². The fourth-order valence-corrected chi connectivity index (χ4v) is 0.865. The molecular weight excluding hydrogens is 166 g/mol. The van der Waals surface area contributed by atoms with Gasteiger partial charge < -0.3 is 9.47 Å². The summed E-state index contributed by atoms with van der Waals surface area (Å²) < 4.78 is 10.9. The van der Waals surface area contributed by atoms with E-state index >= 15 is 0 Å². The van der Waals surface area contributed by atoms with E-state index in [4.69, 9.17) is 14.7 Å². The molecule has 0 aromatic rings. The number of nitrogens with zero attached hydrogens (tertiary/aromatic N) is 1. The molecule has 0 amide bonds. The molecule has 13 heavy (non-hydrogen) atoms. The number of hydrogen-bond acceptors (Lipinski definition) is 3. The van der Waals surface area contributed by atoms with E-state index in [1.54, 1.807) is 6.92 Å². The molecule has 0 rings (SSSR count). The summed E-state index contributed by atoms with van der Waals surface area (Å²) in [4.78, 5) is 0. The first kappa shape index (κ1) is 12.4. The first-order chi connectivity index (χ1) is 5.97. The minimum absolute atomic E-state index is 0.0829. The van der Waals surface area contributed by atoms with E-state index in [1.807, 2.05) is 27.7 Å². The summed E-state index contributed by atoms with van der Waals surface area (Å²) in [6.45, 7) is 9.53. The van der Waals surface area contributed by atoms with Gasteiger partial charge in [-0.3, -0.25) is 0 Å². The van der Waals surface area contributed by atoms with Crippen LogP contribution in [0, 0.1) is 17.2 Å². The van der Waals surface area contributed by atoms with Gasteiger partial charge in [-0.1, -0.05) is 0 Å². The summed E-state index contributed by atoms with van der Waals surface area (Å²) in [6, 6.07) is 2.13. The Morgan fingerprint density at radius 1 is 0.923 bits per heavy atom. The zero-order chi connectivity index (χ0) is 10.4. The molecule has 76 valence electrons. The second kappa shape index (κ2) is 5.95. The van der Waals surface area contributed by atoms with Crippen LogP contribution in [0.5, 0.6) is 0 Å². The lowest BCUT2D eigenvalue weighted by molar-refractivity contribution is -0.195. The van der Waals surface area contributed by atoms with Crippen LogP contribution in [0.2, 0.25) is 0 Å². The third-order valence-electron chi connectivity index (χ3n) is 1.42. The molecule has 0 aliphatic heterocycles. The minimum Gasteiger partial charge on any atom is -0.349 e. The van der Waals surface area contributed by atoms with Gasteiger partial charge in [-0.25, -0.2) is 0 Å². The van der Waals surface area contributed by atoms with Gasteiger partial charge in [0, 0.05) is 0 Å². The van der Waals surface area contributed by atoms with E-state index in [-0.39, 0.29) is 18.1 Å². The Labute approximate surface area is 80.6 Å². The molecule has 0 bridgehead atoms. The van der Waals surface area contributed by atoms with Crippen LogP contribution in [-0.4, -0.2) is 18.5 Å². The summed E-state index contributed by atoms with van der Waals surface area (Å²) in [7, 11) is 0. The van der Waals surface area contributed by atoms with E-state index in [9.17, 15) is 0 Å². The van der Waals surface area contributed by atoms with Gasteiger partial charge in [0.2, 0.25) is 0 Å². The maximum Gasteiger partial charge on any atom is 0.173 e. The van der Waals surface area contributed by atoms with Crippen LogP contribution < -0.4 is 0 Å². The molecule has 3 heteroatoms. The van der Waals surface area contributed by atoms with E-state index < -0.39 is 6.29 Å². The summed E-state index contributed by atoms with van der Waals surface area (Å²) in [5, 5.41) is 8.72. The van der Waals surface area contributed by atoms with Crippen molar-refractivity contribution < 1.29 is 9.47 Å². The number of nitriles is 1. The van der Waals surface area contributed by atoms with Crippen molar-refractivity contribution in [1.82, 2.24) is 0 Å². The lowest BCUT2D eigenvalue weighted by Gasteiger charge is -2.24. The molecule has 0 aromatic heterocycles. The molecule has 0 aliphatic carbocycles. The lowest BCUT2D eigenvalue weighted by Crippen LogP contribution is -2.29. The van der Waals surface area contributed by atoms with E-state index in [0.717, 1.165) is 0 Å². The Kier molecular flexibility index (Phi) is 5.68. The van der Waals surface area contributed by atoms with Crippen molar-refractivity contribution in [1.29, 1.82) is 5.26 Å². The van der Waals surface area contributed by atoms with Gasteiger partial charge >= 0.3 is 0 Å². The van der Waals surface area contributed by atoms with Gasteiger partial charge in [0.15, 0.2) is 6.29 Å². The van der Waals surface area contributed by atoms with E-state index in [0.29, 0.717) is 0 Å². The molecule has 0 saturated carbocycles. The molecule has 0 radical (unpaired) electrons. The highest BCUT2D eigenvalue weighted by Crippen LogP contribution is 2.12. The average Bonchev–Trinajstić information content (AvgIpc) is 2.00. The van der Waals surface area contributed by atoms with Gasteiger partial charge in [0.1, 0.15) is 0 Å². The highest BCUT2D eigenvalue weighted by molar-refractivity contribution is 4.82. The van der Waals surface area contributed by atoms with Crippen molar-refractivity contribution >= 4 is 0 Å². The quantitative estimate of drug-likeness (QED) is 0.617. The largest absolute Gasteiger partial charge is 0.349 e. The molecule has 1 atom stereocenters. The molecule has 0 aromatic carbocycles. The van der Waals surface area contributed by atoms with Crippen LogP contribution in [0.25, 0.3) is 0 Å². The molecule has 0 fully saturated rings. The summed E-state index contributed by atoms with van der Waals surface area (Å²) in [5.74, 6) is -0.232. The standard InChI is InChI=1S/C10H19NO2/c1-7(2)12-10(9(5)6-11)13-8(3)4/h7-10H,1-5H3. The molecular formula is C10H19NO2. The average molecular weight is 185 g/mol. The van der Waals surface area contributed by atoms with Crippen LogP contribution in [0.3, 0.4) is 0 Å². The summed E-state index contributed by atoms with van der Waals surface area (Å²) in [5.41, 5.74) is 0. The van der Waals surface area contributed by atoms with Gasteiger partial charge in [-0.05, 0) is 34.6 Å². The fourth-order valence-electron chi connectivity index (χ4n) is 0.865. The zero-order valence-electron chi connectivity index (χ0n) is 9.07. The molecule has 1 unspecified atom stereocenters. The number of ether oxygens (including phenoxy) is 2. The summed E-state index contributed by atoms with van der Waals surface area (Å²) in [6.07, 6.45) is -0.246. The summed E-state index contributed by atoms with van der Waals surface area (Å²) >= 11 is 0. The van der Waals surface area contributed by atoms with Gasteiger partial charge in [-0.15, -0.1) is 0 Å². The molecule has 3 nitrogen and oxygen atoms in total. The van der Waals surface area contributed by atoms with Gasteiger partial charge in [0.05, 0.1) is 24.2 Å². The second-order valence-corrected chi connectivity index (χ2v) is 3.66. The van der Waals surface area contributed by atoms with Crippen molar-refractivity contribution in [3.05, 3.63) is 0 Å². The SMILES string of the molecule is CC(C)OC(OC(C)C)C(C)C#N. The first-order valence-electron chi connectivity index (χ1n) is 4.68. The Morgan fingerprint density at radius 3 is 1.54 bits per heavy atom. The van der Waals surface area contributed by atoms with Gasteiger partial charge in [-0.2, -0.15) is 5.26 Å². The third-order valence-corrected chi connectivity index (χ3v) is 1.42. The van der Waals surface area contributed by atoms with E-state index in [2.05, 4.69) is 6.07 Å². The predicted molar refractivity (Wildman–Crippen MR) is 51.0 cm³/mol. The van der Waals surface area contributed by atoms with Gasteiger partial charge in [0.25, 0.3) is 0 Å². The Morgan fingerprint density at radius 2 is 1.31 bits per heavy atom. The first-order valence-corrected chi connectivity index (χ1v) is 4.68. The maximum absolute atomic E-state index is 8.72. The smallest absolute Gasteiger partial charge is 0.173 e. The van der Waals surface area contributed by atoms with Crippen molar-refractivity contribution in [2.24, 2.45) is 5.92 Å². The second-order valence-electron chi connectivity index (χ2n) is 3.66. The van der Waals surface area contributed by atoms with Crippen LogP contribution >= 0.6 is 0 Å². The normalized spacial score (nSPS) is 13.8. The maximum atomic E-state index is 8.72. The van der Waals surface area contributed by atoms with Crippen LogP contribution in [0.1, 0.15) is 34.6 Å². The van der Waals surface area contributed by atoms with Crippen molar-refractivity contribution in [3.8, 4) is 6.07 Å². The van der Waals surface area contributed by atoms with Crippen LogP contribution in [0.15, 0.2) is 0 Å². The van der Waals surface area contributed by atoms with Crippen LogP contribution in [-0.2, 0) is 9.47 Å². The Bertz CT molecular complexity index is 162. The number of rotatable bonds is 5. The molecule has 0 aliphatic rings. The zero-order valence-corrected chi connectivity index (χ0v) is 9.07. The lowest BCUT2D eigenvalue weighted by atomic mass is 10.2. The predicted octanol–water partition coefficient (Wildman–Crippen LogP) is 2.32. The molecule has 0 saturated heterocycles. The topological polar surface area (TPSA) is 42.2 Å². The molecule has 0 spiro atoms. The monoisotopic (exact) mass is 185 g/mol. The molecule has 0 heterocycles. The fraction of sp³-hybridized carbons (Fsp3) is 0.900. The van der Waals surface area contributed by atoms with Crippen molar-refractivity contribution in [2.45, 2.75) is 53.1 Å². The third kappa shape index (κ3) is 5.62. The highest BCUT2D eigenvalue weighted by atomic mass is 16.7. The van der Waals surface area contributed by atoms with E-state index in [1.165, 1.54) is 0 Å². The van der Waals surface area contributed by atoms with Crippen molar-refractivity contribution in [2.75, 3.05) is 0 Å². The minimum atomic E-state index is -0.412. The molecule has 0 N–H and O–H groups in total.